The monoisotopic (exact) mass is 818 g/mol. The number of amides is 1. The smallest absolute Gasteiger partial charge is 0.415 e. The van der Waals surface area contributed by atoms with Crippen molar-refractivity contribution in [3.8, 4) is 0 Å². The van der Waals surface area contributed by atoms with Crippen molar-refractivity contribution in [3.05, 3.63) is 99.9 Å². The fraction of sp³-hybridized carbons (Fsp3) is 0.413. The summed E-state index contributed by atoms with van der Waals surface area (Å²) in [4.78, 5) is 63.7. The van der Waals surface area contributed by atoms with Crippen molar-refractivity contribution in [2.75, 3.05) is 4.90 Å². The quantitative estimate of drug-likeness (QED) is 0.136. The molecule has 0 saturated carbocycles. The van der Waals surface area contributed by atoms with E-state index in [2.05, 4.69) is 81.0 Å². The Bertz CT molecular complexity index is 2680. The second-order valence-electron chi connectivity index (χ2n) is 16.3. The van der Waals surface area contributed by atoms with E-state index in [0.717, 1.165) is 49.9 Å². The van der Waals surface area contributed by atoms with Crippen LogP contribution in [0, 0.1) is 0 Å². The van der Waals surface area contributed by atoms with Gasteiger partial charge in [0.25, 0.3) is 5.56 Å². The van der Waals surface area contributed by atoms with Crippen molar-refractivity contribution in [3.63, 3.8) is 0 Å². The summed E-state index contributed by atoms with van der Waals surface area (Å²) in [7, 11) is 0. The summed E-state index contributed by atoms with van der Waals surface area (Å²) in [5, 5.41) is 3.01. The highest BCUT2D eigenvalue weighted by atomic mass is 16.6. The normalized spacial score (nSPS) is 12.4. The van der Waals surface area contributed by atoms with Crippen LogP contribution in [0.5, 0.6) is 0 Å². The molecule has 0 bridgehead atoms. The topological polar surface area (TPSA) is 172 Å². The molecule has 0 radical (unpaired) electrons. The molecule has 14 heteroatoms. The van der Waals surface area contributed by atoms with Crippen LogP contribution in [-0.4, -0.2) is 55.7 Å². The number of ether oxygens (including phenoxy) is 1. The van der Waals surface area contributed by atoms with Crippen LogP contribution >= 0.6 is 0 Å². The molecule has 9 rings (SSSR count). The first-order chi connectivity index (χ1) is 28.4. The standard InChI is InChI=1S/C14H15N3O.C13H14N4O.C13H15N3O2.3C2H6/c1-14(2,3)17-7-5-11(18)12-10(17)8-9-4-6-15-13(9)16-12;1-13(2,3)17-7-15-12(18)10-9(17)6-8-4-5-14-11(8)16-10;1-13(2,3)16-10-6-8-4-5-14-11(8)15-9(10)7-18-12(16)17;3*1-2/h4-8H,1-3H3,(H,15,16);4-7H,1-3H3,(H,14,16);4-6H,7H2,1-3H3,(H,14,15);3*1-2H3. The van der Waals surface area contributed by atoms with E-state index in [-0.39, 0.29) is 40.3 Å². The van der Waals surface area contributed by atoms with Gasteiger partial charge in [0.05, 0.1) is 23.0 Å². The van der Waals surface area contributed by atoms with Gasteiger partial charge in [-0.3, -0.25) is 14.5 Å². The van der Waals surface area contributed by atoms with Crippen molar-refractivity contribution >= 4 is 66.9 Å². The van der Waals surface area contributed by atoms with Crippen LogP contribution in [0.15, 0.2) is 83.2 Å². The summed E-state index contributed by atoms with van der Waals surface area (Å²) >= 11 is 0. The number of anilines is 1. The SMILES string of the molecule is CC.CC.CC.CC(C)(C)N1C(=O)OCc2nc3[nH]ccc3cc21.CC(C)(C)n1ccc(=O)c2nc3[nH]ccc3cc21.CC(C)(C)n1cnc(=O)c2nc3[nH]ccc3cc21. The predicted molar refractivity (Wildman–Crippen MR) is 246 cm³/mol. The van der Waals surface area contributed by atoms with Gasteiger partial charge in [-0.15, -0.1) is 0 Å². The molecule has 0 aliphatic carbocycles. The van der Waals surface area contributed by atoms with Crippen LogP contribution in [-0.2, 0) is 22.4 Å². The minimum Gasteiger partial charge on any atom is -0.443 e. The highest BCUT2D eigenvalue weighted by Crippen LogP contribution is 2.34. The number of rotatable bonds is 0. The number of nitrogens with zero attached hydrogens (tertiary/aromatic N) is 7. The van der Waals surface area contributed by atoms with E-state index in [1.165, 1.54) is 0 Å². The zero-order valence-electron chi connectivity index (χ0n) is 37.9. The van der Waals surface area contributed by atoms with E-state index in [0.29, 0.717) is 16.7 Å². The number of aromatic amines is 3. The van der Waals surface area contributed by atoms with E-state index in [9.17, 15) is 14.4 Å². The second kappa shape index (κ2) is 18.7. The Kier molecular flexibility index (Phi) is 14.5. The zero-order chi connectivity index (χ0) is 44.7. The maximum Gasteiger partial charge on any atom is 0.415 e. The number of pyridine rings is 4. The first kappa shape index (κ1) is 46.4. The first-order valence-electron chi connectivity index (χ1n) is 20.7. The fourth-order valence-electron chi connectivity index (χ4n) is 6.54. The third-order valence-electron chi connectivity index (χ3n) is 9.11. The maximum absolute atomic E-state index is 11.9. The highest BCUT2D eigenvalue weighted by molar-refractivity contribution is 5.94. The van der Waals surface area contributed by atoms with Crippen LogP contribution < -0.4 is 15.9 Å². The summed E-state index contributed by atoms with van der Waals surface area (Å²) in [5.74, 6) is 0. The zero-order valence-corrected chi connectivity index (χ0v) is 37.9. The molecular formula is C46H62N10O4. The molecule has 0 spiro atoms. The Morgan fingerprint density at radius 3 is 1.55 bits per heavy atom. The number of aromatic nitrogens is 9. The lowest BCUT2D eigenvalue weighted by atomic mass is 10.0. The number of hydrogen-bond donors (Lipinski definition) is 3. The van der Waals surface area contributed by atoms with Crippen LogP contribution in [0.1, 0.15) is 110 Å². The molecule has 320 valence electrons. The number of carbonyl (C=O) groups excluding carboxylic acids is 1. The number of cyclic esters (lactones) is 1. The molecular weight excluding hydrogens is 757 g/mol. The number of carbonyl (C=O) groups is 1. The van der Waals surface area contributed by atoms with Crippen molar-refractivity contribution in [1.29, 1.82) is 0 Å². The molecule has 8 aromatic rings. The minimum atomic E-state index is -0.335. The summed E-state index contributed by atoms with van der Waals surface area (Å²) in [6, 6.07) is 13.4. The van der Waals surface area contributed by atoms with E-state index in [1.54, 1.807) is 17.3 Å². The molecule has 3 N–H and O–H groups in total. The highest BCUT2D eigenvalue weighted by Gasteiger charge is 2.35. The number of hydrogen-bond acceptors (Lipinski definition) is 8. The predicted octanol–water partition coefficient (Wildman–Crippen LogP) is 10.6. The van der Waals surface area contributed by atoms with E-state index in [4.69, 9.17) is 4.74 Å². The molecule has 0 saturated heterocycles. The van der Waals surface area contributed by atoms with Crippen LogP contribution in [0.3, 0.4) is 0 Å². The molecule has 0 unspecified atom stereocenters. The molecule has 1 aliphatic heterocycles. The molecule has 0 fully saturated rings. The minimum absolute atomic E-state index is 0.0398. The third kappa shape index (κ3) is 9.75. The van der Waals surface area contributed by atoms with Gasteiger partial charge in [-0.05, 0) is 98.7 Å². The van der Waals surface area contributed by atoms with Gasteiger partial charge in [0.15, 0.2) is 5.52 Å². The van der Waals surface area contributed by atoms with Crippen molar-refractivity contribution < 1.29 is 9.53 Å². The Balaban J connectivity index is 0.000000187. The maximum atomic E-state index is 11.9. The Labute approximate surface area is 351 Å². The van der Waals surface area contributed by atoms with Gasteiger partial charge in [0.2, 0.25) is 5.43 Å². The summed E-state index contributed by atoms with van der Waals surface area (Å²) in [6.45, 7) is 30.7. The lowest BCUT2D eigenvalue weighted by Gasteiger charge is -2.38. The van der Waals surface area contributed by atoms with Crippen LogP contribution in [0.25, 0.3) is 55.2 Å². The Morgan fingerprint density at radius 2 is 1.05 bits per heavy atom. The molecule has 1 amide bonds. The van der Waals surface area contributed by atoms with Gasteiger partial charge in [0.1, 0.15) is 34.8 Å². The second-order valence-corrected chi connectivity index (χ2v) is 16.3. The third-order valence-corrected chi connectivity index (χ3v) is 9.11. The average Bonchev–Trinajstić information content (AvgIpc) is 3.98. The lowest BCUT2D eigenvalue weighted by molar-refractivity contribution is 0.134. The van der Waals surface area contributed by atoms with Gasteiger partial charge in [0, 0.05) is 63.6 Å². The molecule has 8 aromatic heterocycles. The molecule has 0 aromatic carbocycles. The fourth-order valence-corrected chi connectivity index (χ4v) is 6.54. The lowest BCUT2D eigenvalue weighted by Crippen LogP contribution is -2.48. The van der Waals surface area contributed by atoms with Crippen molar-refractivity contribution in [2.24, 2.45) is 0 Å². The molecule has 9 heterocycles. The summed E-state index contributed by atoms with van der Waals surface area (Å²) in [6.07, 6.45) is 8.60. The summed E-state index contributed by atoms with van der Waals surface area (Å²) < 4.78 is 9.24. The number of H-pyrrole nitrogens is 3. The van der Waals surface area contributed by atoms with Crippen LogP contribution in [0.2, 0.25) is 0 Å². The van der Waals surface area contributed by atoms with E-state index < -0.39 is 0 Å². The van der Waals surface area contributed by atoms with Crippen molar-refractivity contribution in [1.82, 2.24) is 44.0 Å². The van der Waals surface area contributed by atoms with Crippen molar-refractivity contribution in [2.45, 2.75) is 127 Å². The number of nitrogens with one attached hydrogen (secondary N) is 3. The first-order valence-corrected chi connectivity index (χ1v) is 20.7. The van der Waals surface area contributed by atoms with Gasteiger partial charge in [-0.1, -0.05) is 41.5 Å². The summed E-state index contributed by atoms with van der Waals surface area (Å²) in [5.41, 5.74) is 5.64. The molecule has 14 nitrogen and oxygen atoms in total. The largest absolute Gasteiger partial charge is 0.443 e. The van der Waals surface area contributed by atoms with Crippen LogP contribution in [0.4, 0.5) is 10.5 Å². The molecule has 60 heavy (non-hydrogen) atoms. The average molecular weight is 819 g/mol. The van der Waals surface area contributed by atoms with E-state index in [1.807, 2.05) is 128 Å². The van der Waals surface area contributed by atoms with Gasteiger partial charge in [-0.2, -0.15) is 4.98 Å². The Morgan fingerprint density at radius 1 is 0.583 bits per heavy atom. The van der Waals surface area contributed by atoms with Gasteiger partial charge >= 0.3 is 6.09 Å². The number of fused-ring (bicyclic) bond motifs is 6. The molecule has 1 aliphatic rings. The Hall–Kier alpha value is -6.31. The van der Waals surface area contributed by atoms with Gasteiger partial charge in [-0.25, -0.2) is 19.7 Å². The van der Waals surface area contributed by atoms with E-state index >= 15 is 0 Å². The molecule has 0 atom stereocenters. The van der Waals surface area contributed by atoms with Gasteiger partial charge < -0.3 is 28.8 Å².